The van der Waals surface area contributed by atoms with E-state index in [4.69, 9.17) is 4.74 Å². The molecule has 80 valence electrons. The number of ether oxygens (including phenoxy) is 1. The molecule has 0 atom stereocenters. The molecule has 3 heteroatoms. The third-order valence-corrected chi connectivity index (χ3v) is 2.04. The van der Waals surface area contributed by atoms with Gasteiger partial charge in [0.2, 0.25) is 11.2 Å². The third kappa shape index (κ3) is 2.20. The fourth-order valence-corrected chi connectivity index (χ4v) is 1.26. The van der Waals surface area contributed by atoms with E-state index in [1.807, 2.05) is 18.2 Å². The highest BCUT2D eigenvalue weighted by Crippen LogP contribution is 2.26. The Hall–Kier alpha value is -2.29. The molecule has 0 spiro atoms. The van der Waals surface area contributed by atoms with Gasteiger partial charge in [0.1, 0.15) is 5.75 Å². The summed E-state index contributed by atoms with van der Waals surface area (Å²) >= 11 is 0. The maximum absolute atomic E-state index is 11.3. The molecular formula is C13H10O3. The lowest BCUT2D eigenvalue weighted by Crippen LogP contribution is -1.95. The number of rotatable bonds is 2. The lowest BCUT2D eigenvalue weighted by atomic mass is 10.3. The van der Waals surface area contributed by atoms with E-state index in [0.29, 0.717) is 5.75 Å². The van der Waals surface area contributed by atoms with Gasteiger partial charge in [-0.3, -0.25) is 4.79 Å². The first kappa shape index (κ1) is 10.2. The fourth-order valence-electron chi connectivity index (χ4n) is 1.26. The molecule has 0 amide bonds. The molecule has 0 aliphatic carbocycles. The van der Waals surface area contributed by atoms with Gasteiger partial charge in [-0.1, -0.05) is 30.3 Å². The monoisotopic (exact) mass is 214 g/mol. The summed E-state index contributed by atoms with van der Waals surface area (Å²) in [6.07, 6.45) is 0. The van der Waals surface area contributed by atoms with E-state index in [2.05, 4.69) is 0 Å². The normalized spacial score (nSPS) is 9.75. The first-order valence-electron chi connectivity index (χ1n) is 4.82. The van der Waals surface area contributed by atoms with Crippen LogP contribution in [0.25, 0.3) is 0 Å². The standard InChI is InChI=1S/C13H10O3/c14-11-8-4-5-9-12(13(11)15)16-10-6-2-1-3-7-10/h1-9H,(H,14,15). The van der Waals surface area contributed by atoms with Gasteiger partial charge in [0.05, 0.1) is 0 Å². The van der Waals surface area contributed by atoms with Crippen molar-refractivity contribution >= 4 is 0 Å². The Labute approximate surface area is 92.6 Å². The molecule has 0 saturated carbocycles. The maximum atomic E-state index is 11.3. The molecule has 0 unspecified atom stereocenters. The smallest absolute Gasteiger partial charge is 0.224 e. The first-order chi connectivity index (χ1) is 7.77. The third-order valence-electron chi connectivity index (χ3n) is 2.04. The second kappa shape index (κ2) is 4.49. The molecule has 0 radical (unpaired) electrons. The van der Waals surface area contributed by atoms with Crippen molar-refractivity contribution in [3.63, 3.8) is 0 Å². The number of para-hydroxylation sites is 1. The van der Waals surface area contributed by atoms with Crippen molar-refractivity contribution in [3.8, 4) is 17.2 Å². The highest BCUT2D eigenvalue weighted by molar-refractivity contribution is 5.40. The molecule has 2 rings (SSSR count). The van der Waals surface area contributed by atoms with E-state index < -0.39 is 5.43 Å². The molecule has 2 aromatic carbocycles. The van der Waals surface area contributed by atoms with Crippen molar-refractivity contribution in [2.24, 2.45) is 0 Å². The Kier molecular flexibility index (Phi) is 2.87. The van der Waals surface area contributed by atoms with Crippen LogP contribution in [0.15, 0.2) is 59.4 Å². The highest BCUT2D eigenvalue weighted by atomic mass is 16.5. The highest BCUT2D eigenvalue weighted by Gasteiger charge is 2.04. The van der Waals surface area contributed by atoms with Crippen molar-refractivity contribution in [2.75, 3.05) is 0 Å². The van der Waals surface area contributed by atoms with Crippen LogP contribution in [0, 0.1) is 0 Å². The molecule has 16 heavy (non-hydrogen) atoms. The predicted molar refractivity (Wildman–Crippen MR) is 60.9 cm³/mol. The summed E-state index contributed by atoms with van der Waals surface area (Å²) in [6, 6.07) is 15.0. The summed E-state index contributed by atoms with van der Waals surface area (Å²) in [5.74, 6) is 0.346. The quantitative estimate of drug-likeness (QED) is 0.835. The molecule has 0 saturated heterocycles. The lowest BCUT2D eigenvalue weighted by Gasteiger charge is -2.04. The summed E-state index contributed by atoms with van der Waals surface area (Å²) in [7, 11) is 0. The van der Waals surface area contributed by atoms with Gasteiger partial charge in [0.25, 0.3) is 0 Å². The van der Waals surface area contributed by atoms with E-state index in [1.54, 1.807) is 30.3 Å². The van der Waals surface area contributed by atoms with Gasteiger partial charge in [0.15, 0.2) is 5.75 Å². The fraction of sp³-hybridized carbons (Fsp3) is 0. The Morgan fingerprint density at radius 3 is 2.25 bits per heavy atom. The van der Waals surface area contributed by atoms with Crippen LogP contribution >= 0.6 is 0 Å². The molecule has 2 aromatic rings. The van der Waals surface area contributed by atoms with Gasteiger partial charge < -0.3 is 9.84 Å². The zero-order chi connectivity index (χ0) is 11.4. The molecule has 0 bridgehead atoms. The zero-order valence-corrected chi connectivity index (χ0v) is 8.46. The number of hydrogen-bond acceptors (Lipinski definition) is 3. The van der Waals surface area contributed by atoms with Crippen LogP contribution in [0.3, 0.4) is 0 Å². The van der Waals surface area contributed by atoms with Gasteiger partial charge in [-0.2, -0.15) is 0 Å². The number of benzene rings is 1. The molecule has 0 aliphatic rings. The molecule has 0 heterocycles. The topological polar surface area (TPSA) is 46.5 Å². The van der Waals surface area contributed by atoms with Gasteiger partial charge in [-0.05, 0) is 24.3 Å². The Balaban J connectivity index is 2.40. The van der Waals surface area contributed by atoms with Crippen LogP contribution in [-0.2, 0) is 0 Å². The van der Waals surface area contributed by atoms with Crippen LogP contribution in [0.2, 0.25) is 0 Å². The lowest BCUT2D eigenvalue weighted by molar-refractivity contribution is 0.409. The largest absolute Gasteiger partial charge is 0.502 e. The Morgan fingerprint density at radius 2 is 1.50 bits per heavy atom. The van der Waals surface area contributed by atoms with Gasteiger partial charge in [-0.25, -0.2) is 0 Å². The zero-order valence-electron chi connectivity index (χ0n) is 8.46. The Bertz CT molecular complexity index is 535. The molecule has 0 aliphatic heterocycles. The van der Waals surface area contributed by atoms with Crippen molar-refractivity contribution in [2.45, 2.75) is 0 Å². The summed E-state index contributed by atoms with van der Waals surface area (Å²) in [4.78, 5) is 11.3. The average molecular weight is 214 g/mol. The van der Waals surface area contributed by atoms with Crippen LogP contribution < -0.4 is 10.2 Å². The molecule has 0 aromatic heterocycles. The second-order valence-corrected chi connectivity index (χ2v) is 3.21. The summed E-state index contributed by atoms with van der Waals surface area (Å²) < 4.78 is 5.40. The van der Waals surface area contributed by atoms with Crippen LogP contribution in [0.4, 0.5) is 0 Å². The second-order valence-electron chi connectivity index (χ2n) is 3.21. The van der Waals surface area contributed by atoms with E-state index in [-0.39, 0.29) is 11.5 Å². The number of hydrogen-bond donors (Lipinski definition) is 1. The minimum Gasteiger partial charge on any atom is -0.502 e. The maximum Gasteiger partial charge on any atom is 0.224 e. The van der Waals surface area contributed by atoms with Crippen LogP contribution in [-0.4, -0.2) is 5.11 Å². The molecule has 0 fully saturated rings. The Morgan fingerprint density at radius 1 is 0.875 bits per heavy atom. The van der Waals surface area contributed by atoms with Crippen molar-refractivity contribution in [3.05, 3.63) is 64.8 Å². The van der Waals surface area contributed by atoms with E-state index in [0.717, 1.165) is 0 Å². The predicted octanol–water partition coefficient (Wildman–Crippen LogP) is 2.54. The molecular weight excluding hydrogens is 204 g/mol. The number of aromatic hydroxyl groups is 1. The summed E-state index contributed by atoms with van der Waals surface area (Å²) in [5.41, 5.74) is -0.462. The van der Waals surface area contributed by atoms with Crippen LogP contribution in [0.5, 0.6) is 17.2 Å². The van der Waals surface area contributed by atoms with Gasteiger partial charge in [0, 0.05) is 0 Å². The first-order valence-corrected chi connectivity index (χ1v) is 4.82. The minimum absolute atomic E-state index is 0.154. The van der Waals surface area contributed by atoms with Crippen molar-refractivity contribution in [1.29, 1.82) is 0 Å². The van der Waals surface area contributed by atoms with Gasteiger partial charge >= 0.3 is 0 Å². The van der Waals surface area contributed by atoms with E-state index in [1.165, 1.54) is 6.07 Å². The average Bonchev–Trinajstić information content (AvgIpc) is 2.46. The minimum atomic E-state index is -0.462. The summed E-state index contributed by atoms with van der Waals surface area (Å²) in [6.45, 7) is 0. The van der Waals surface area contributed by atoms with Crippen LogP contribution in [0.1, 0.15) is 0 Å². The SMILES string of the molecule is O=c1ccccc(Oc2ccccc2)c1O. The van der Waals surface area contributed by atoms with E-state index >= 15 is 0 Å². The molecule has 3 nitrogen and oxygen atoms in total. The molecule has 1 N–H and O–H groups in total. The van der Waals surface area contributed by atoms with Crippen molar-refractivity contribution < 1.29 is 9.84 Å². The van der Waals surface area contributed by atoms with E-state index in [9.17, 15) is 9.90 Å². The van der Waals surface area contributed by atoms with Gasteiger partial charge in [-0.15, -0.1) is 0 Å². The van der Waals surface area contributed by atoms with Crippen molar-refractivity contribution in [1.82, 2.24) is 0 Å². The summed E-state index contributed by atoms with van der Waals surface area (Å²) in [5, 5.41) is 9.58.